The molecule has 5 heteroatoms. The summed E-state index contributed by atoms with van der Waals surface area (Å²) >= 11 is 0. The standard InChI is InChI=1S/C18H22N2O3/c1-20(12-17(21)14-7-4-3-5-8-14)13-18(22)19-15-9-6-10-16(11-15)23-2/h3-11,17,21H,12-13H2,1-2H3,(H,19,22)/p+1/t17-/m0/s1. The molecule has 2 aromatic carbocycles. The van der Waals surface area contributed by atoms with E-state index in [4.69, 9.17) is 4.74 Å². The second-order valence-corrected chi connectivity index (χ2v) is 5.54. The molecule has 0 saturated carbocycles. The molecule has 2 aromatic rings. The molecule has 1 amide bonds. The number of hydrogen-bond acceptors (Lipinski definition) is 3. The minimum Gasteiger partial charge on any atom is -0.497 e. The summed E-state index contributed by atoms with van der Waals surface area (Å²) in [4.78, 5) is 13.0. The van der Waals surface area contributed by atoms with Gasteiger partial charge >= 0.3 is 0 Å². The van der Waals surface area contributed by atoms with Crippen LogP contribution in [0.2, 0.25) is 0 Å². The van der Waals surface area contributed by atoms with Crippen molar-refractivity contribution in [2.75, 3.05) is 32.6 Å². The van der Waals surface area contributed by atoms with Crippen molar-refractivity contribution in [1.29, 1.82) is 0 Å². The molecule has 2 atom stereocenters. The van der Waals surface area contributed by atoms with Gasteiger partial charge in [-0.15, -0.1) is 0 Å². The van der Waals surface area contributed by atoms with Crippen LogP contribution in [0.3, 0.4) is 0 Å². The first kappa shape index (κ1) is 17.0. The van der Waals surface area contributed by atoms with Crippen LogP contribution >= 0.6 is 0 Å². The Bertz CT molecular complexity index is 631. The normalized spacial score (nSPS) is 13.2. The Balaban J connectivity index is 1.84. The van der Waals surface area contributed by atoms with Crippen molar-refractivity contribution in [3.8, 4) is 5.75 Å². The van der Waals surface area contributed by atoms with Crippen molar-refractivity contribution in [3.63, 3.8) is 0 Å². The number of carbonyl (C=O) groups is 1. The summed E-state index contributed by atoms with van der Waals surface area (Å²) in [5.74, 6) is 0.596. The van der Waals surface area contributed by atoms with Gasteiger partial charge in [0, 0.05) is 11.8 Å². The Morgan fingerprint density at radius 1 is 1.22 bits per heavy atom. The molecule has 3 N–H and O–H groups in total. The van der Waals surface area contributed by atoms with Crippen LogP contribution in [0.1, 0.15) is 11.7 Å². The number of aliphatic hydroxyl groups is 1. The van der Waals surface area contributed by atoms with Gasteiger partial charge in [0.25, 0.3) is 5.91 Å². The van der Waals surface area contributed by atoms with Crippen LogP contribution in [0.15, 0.2) is 54.6 Å². The molecule has 0 aromatic heterocycles. The van der Waals surface area contributed by atoms with Crippen LogP contribution in [-0.2, 0) is 4.79 Å². The Kier molecular flexibility index (Phi) is 6.14. The van der Waals surface area contributed by atoms with Crippen molar-refractivity contribution >= 4 is 11.6 Å². The maximum absolute atomic E-state index is 12.1. The van der Waals surface area contributed by atoms with Gasteiger partial charge in [0.1, 0.15) is 18.4 Å². The van der Waals surface area contributed by atoms with E-state index in [1.165, 1.54) is 0 Å². The van der Waals surface area contributed by atoms with Crippen molar-refractivity contribution < 1.29 is 19.5 Å². The zero-order chi connectivity index (χ0) is 16.7. The lowest BCUT2D eigenvalue weighted by atomic mass is 10.1. The highest BCUT2D eigenvalue weighted by atomic mass is 16.5. The van der Waals surface area contributed by atoms with E-state index >= 15 is 0 Å². The minimum atomic E-state index is -0.583. The molecule has 0 bridgehead atoms. The number of nitrogens with one attached hydrogen (secondary N) is 2. The Hall–Kier alpha value is -2.37. The quantitative estimate of drug-likeness (QED) is 0.711. The topological polar surface area (TPSA) is 63.0 Å². The molecule has 0 aliphatic rings. The maximum Gasteiger partial charge on any atom is 0.279 e. The summed E-state index contributed by atoms with van der Waals surface area (Å²) in [5.41, 5.74) is 1.56. The van der Waals surface area contributed by atoms with Gasteiger partial charge in [-0.1, -0.05) is 36.4 Å². The zero-order valence-electron chi connectivity index (χ0n) is 13.5. The second-order valence-electron chi connectivity index (χ2n) is 5.54. The van der Waals surface area contributed by atoms with Crippen molar-refractivity contribution in [2.24, 2.45) is 0 Å². The molecular formula is C18H23N2O3+. The molecule has 0 radical (unpaired) electrons. The zero-order valence-corrected chi connectivity index (χ0v) is 13.5. The first-order valence-electron chi connectivity index (χ1n) is 7.56. The molecule has 1 unspecified atom stereocenters. The van der Waals surface area contributed by atoms with E-state index in [1.54, 1.807) is 13.2 Å². The number of likely N-dealkylation sites (N-methyl/N-ethyl adjacent to an activating group) is 1. The summed E-state index contributed by atoms with van der Waals surface area (Å²) < 4.78 is 5.13. The number of ether oxygens (including phenoxy) is 1. The predicted molar refractivity (Wildman–Crippen MR) is 89.6 cm³/mol. The third kappa shape index (κ3) is 5.39. The number of amides is 1. The van der Waals surface area contributed by atoms with Gasteiger partial charge in [-0.3, -0.25) is 4.79 Å². The number of rotatable bonds is 7. The molecular weight excluding hydrogens is 292 g/mol. The van der Waals surface area contributed by atoms with Crippen LogP contribution in [0.25, 0.3) is 0 Å². The smallest absolute Gasteiger partial charge is 0.279 e. The monoisotopic (exact) mass is 315 g/mol. The number of aliphatic hydroxyl groups excluding tert-OH is 1. The van der Waals surface area contributed by atoms with Crippen LogP contribution in [0.4, 0.5) is 5.69 Å². The molecule has 23 heavy (non-hydrogen) atoms. The van der Waals surface area contributed by atoms with E-state index in [0.717, 1.165) is 10.5 Å². The fraction of sp³-hybridized carbons (Fsp3) is 0.278. The number of carbonyl (C=O) groups excluding carboxylic acids is 1. The number of benzene rings is 2. The molecule has 0 aliphatic carbocycles. The van der Waals surface area contributed by atoms with Crippen LogP contribution in [0, 0.1) is 0 Å². The van der Waals surface area contributed by atoms with Gasteiger partial charge < -0.3 is 20.1 Å². The van der Waals surface area contributed by atoms with E-state index in [-0.39, 0.29) is 12.5 Å². The molecule has 0 aliphatic heterocycles. The van der Waals surface area contributed by atoms with E-state index in [1.807, 2.05) is 55.6 Å². The highest BCUT2D eigenvalue weighted by molar-refractivity contribution is 5.91. The number of anilines is 1. The molecule has 0 fully saturated rings. The predicted octanol–water partition coefficient (Wildman–Crippen LogP) is 0.882. The van der Waals surface area contributed by atoms with Crippen LogP contribution in [0.5, 0.6) is 5.75 Å². The van der Waals surface area contributed by atoms with E-state index in [0.29, 0.717) is 18.0 Å². The lowest BCUT2D eigenvalue weighted by molar-refractivity contribution is -0.875. The molecule has 2 rings (SSSR count). The summed E-state index contributed by atoms with van der Waals surface area (Å²) in [6.45, 7) is 0.747. The van der Waals surface area contributed by atoms with E-state index in [2.05, 4.69) is 5.32 Å². The molecule has 0 heterocycles. The van der Waals surface area contributed by atoms with E-state index < -0.39 is 6.10 Å². The lowest BCUT2D eigenvalue weighted by Gasteiger charge is -2.18. The van der Waals surface area contributed by atoms with Gasteiger partial charge in [0.15, 0.2) is 6.54 Å². The fourth-order valence-corrected chi connectivity index (χ4v) is 2.38. The number of quaternary nitrogens is 1. The summed E-state index contributed by atoms with van der Waals surface area (Å²) in [7, 11) is 3.47. The fourth-order valence-electron chi connectivity index (χ4n) is 2.38. The highest BCUT2D eigenvalue weighted by Gasteiger charge is 2.16. The molecule has 0 spiro atoms. The minimum absolute atomic E-state index is 0.101. The first-order valence-corrected chi connectivity index (χ1v) is 7.56. The summed E-state index contributed by atoms with van der Waals surface area (Å²) in [6, 6.07) is 16.7. The van der Waals surface area contributed by atoms with E-state index in [9.17, 15) is 9.90 Å². The van der Waals surface area contributed by atoms with Gasteiger partial charge in [0.2, 0.25) is 0 Å². The first-order chi connectivity index (χ1) is 11.1. The third-order valence-corrected chi connectivity index (χ3v) is 3.54. The van der Waals surface area contributed by atoms with Crippen LogP contribution < -0.4 is 15.0 Å². The number of methoxy groups -OCH3 is 1. The van der Waals surface area contributed by atoms with Gasteiger partial charge in [0.05, 0.1) is 14.2 Å². The van der Waals surface area contributed by atoms with Gasteiger partial charge in [-0.05, 0) is 17.7 Å². The number of hydrogen-bond donors (Lipinski definition) is 3. The average Bonchev–Trinajstić information content (AvgIpc) is 2.55. The third-order valence-electron chi connectivity index (χ3n) is 3.54. The Morgan fingerprint density at radius 2 is 1.96 bits per heavy atom. The largest absolute Gasteiger partial charge is 0.497 e. The Labute approximate surface area is 136 Å². The highest BCUT2D eigenvalue weighted by Crippen LogP contribution is 2.16. The lowest BCUT2D eigenvalue weighted by Crippen LogP contribution is -3.10. The van der Waals surface area contributed by atoms with Crippen molar-refractivity contribution in [1.82, 2.24) is 0 Å². The second kappa shape index (κ2) is 8.31. The van der Waals surface area contributed by atoms with Crippen LogP contribution in [-0.4, -0.2) is 38.3 Å². The SMILES string of the molecule is COc1cccc(NC(=O)C[NH+](C)C[C@H](O)c2ccccc2)c1. The van der Waals surface area contributed by atoms with Gasteiger partial charge in [-0.2, -0.15) is 0 Å². The summed E-state index contributed by atoms with van der Waals surface area (Å²) in [6.07, 6.45) is -0.583. The average molecular weight is 315 g/mol. The maximum atomic E-state index is 12.1. The van der Waals surface area contributed by atoms with Gasteiger partial charge in [-0.25, -0.2) is 0 Å². The molecule has 122 valence electrons. The summed E-state index contributed by atoms with van der Waals surface area (Å²) in [5, 5.41) is 13.0. The van der Waals surface area contributed by atoms with Crippen molar-refractivity contribution in [3.05, 3.63) is 60.2 Å². The Morgan fingerprint density at radius 3 is 2.65 bits per heavy atom. The molecule has 0 saturated heterocycles. The van der Waals surface area contributed by atoms with Crippen molar-refractivity contribution in [2.45, 2.75) is 6.10 Å². The molecule has 5 nitrogen and oxygen atoms in total.